The van der Waals surface area contributed by atoms with Gasteiger partial charge in [-0.1, -0.05) is 55.4 Å². The normalized spacial score (nSPS) is 15.6. The third kappa shape index (κ3) is 8.71. The van der Waals surface area contributed by atoms with Crippen molar-refractivity contribution in [2.75, 3.05) is 0 Å². The first kappa shape index (κ1) is 28.1. The largest absolute Gasteiger partial charge is 0.481 e. The van der Waals surface area contributed by atoms with Gasteiger partial charge in [-0.2, -0.15) is 0 Å². The van der Waals surface area contributed by atoms with Crippen molar-refractivity contribution in [1.29, 1.82) is 0 Å². The summed E-state index contributed by atoms with van der Waals surface area (Å²) in [6.45, 7) is 14.1. The van der Waals surface area contributed by atoms with Crippen LogP contribution < -0.4 is 5.73 Å². The second-order valence-electron chi connectivity index (χ2n) is 8.50. The Bertz CT molecular complexity index is 445. The summed E-state index contributed by atoms with van der Waals surface area (Å²) in [6, 6.07) is 0. The predicted octanol–water partition coefficient (Wildman–Crippen LogP) is 2.80. The molecule has 0 radical (unpaired) electrons. The van der Waals surface area contributed by atoms with Crippen molar-refractivity contribution in [2.24, 2.45) is 53.1 Å². The van der Waals surface area contributed by atoms with Crippen molar-refractivity contribution in [3.8, 4) is 0 Å². The number of amides is 1. The zero-order valence-corrected chi connectivity index (χ0v) is 18.2. The van der Waals surface area contributed by atoms with E-state index in [2.05, 4.69) is 0 Å². The molecule has 5 N–H and O–H groups in total. The fraction of sp³-hybridized carbons (Fsp3) is 0.800. The first-order valence-electron chi connectivity index (χ1n) is 9.55. The van der Waals surface area contributed by atoms with Crippen LogP contribution in [0.5, 0.6) is 0 Å². The van der Waals surface area contributed by atoms with E-state index in [9.17, 15) is 19.2 Å². The highest BCUT2D eigenvalue weighted by Gasteiger charge is 2.38. The lowest BCUT2D eigenvalue weighted by Gasteiger charge is -2.27. The molecule has 8 heteroatoms. The van der Waals surface area contributed by atoms with Gasteiger partial charge in [0.15, 0.2) is 0 Å². The zero-order valence-electron chi connectivity index (χ0n) is 18.2. The van der Waals surface area contributed by atoms with Gasteiger partial charge in [0.25, 0.3) is 0 Å². The van der Waals surface area contributed by atoms with Crippen molar-refractivity contribution in [2.45, 2.75) is 55.4 Å². The van der Waals surface area contributed by atoms with Gasteiger partial charge in [-0.25, -0.2) is 0 Å². The van der Waals surface area contributed by atoms with E-state index in [0.717, 1.165) is 0 Å². The first-order valence-corrected chi connectivity index (χ1v) is 9.55. The highest BCUT2D eigenvalue weighted by atomic mass is 16.4. The number of carboxylic acids is 3. The number of carboxylic acid groups (broad SMARTS) is 3. The lowest BCUT2D eigenvalue weighted by molar-refractivity contribution is -0.157. The average molecular weight is 404 g/mol. The third-order valence-corrected chi connectivity index (χ3v) is 4.83. The number of carbonyl (C=O) groups is 4. The number of rotatable bonds is 10. The Morgan fingerprint density at radius 2 is 0.679 bits per heavy atom. The Morgan fingerprint density at radius 3 is 0.750 bits per heavy atom. The number of primary amides is 1. The zero-order chi connectivity index (χ0) is 22.9. The molecule has 0 aromatic heterocycles. The van der Waals surface area contributed by atoms with Gasteiger partial charge in [-0.3, -0.25) is 19.2 Å². The minimum atomic E-state index is -1.03. The smallest absolute Gasteiger partial charge is 0.307 e. The Kier molecular flexibility index (Phi) is 12.4. The van der Waals surface area contributed by atoms with Crippen molar-refractivity contribution >= 4 is 23.8 Å². The summed E-state index contributed by atoms with van der Waals surface area (Å²) in [6.07, 6.45) is 0. The second-order valence-corrected chi connectivity index (χ2v) is 8.50. The summed E-state index contributed by atoms with van der Waals surface area (Å²) in [5.41, 5.74) is 5.21. The SMILES string of the molecule is CC(C)C(C(=O)O)C(C(=O)O)C(C)C.CC(C)C(C(N)=O)C(C(=O)O)C(C)C. The molecular weight excluding hydrogens is 366 g/mol. The molecule has 0 fully saturated rings. The van der Waals surface area contributed by atoms with E-state index in [4.69, 9.17) is 21.1 Å². The van der Waals surface area contributed by atoms with Crippen molar-refractivity contribution in [3.05, 3.63) is 0 Å². The first-order chi connectivity index (χ1) is 12.6. The molecule has 0 bridgehead atoms. The monoisotopic (exact) mass is 403 g/mol. The van der Waals surface area contributed by atoms with E-state index in [1.165, 1.54) is 0 Å². The Balaban J connectivity index is 0. The highest BCUT2D eigenvalue weighted by Crippen LogP contribution is 2.28. The number of hydrogen-bond donors (Lipinski definition) is 4. The molecule has 0 aliphatic carbocycles. The molecule has 4 unspecified atom stereocenters. The maximum atomic E-state index is 11.2. The summed E-state index contributed by atoms with van der Waals surface area (Å²) in [7, 11) is 0. The van der Waals surface area contributed by atoms with E-state index in [0.29, 0.717) is 0 Å². The van der Waals surface area contributed by atoms with E-state index < -0.39 is 47.5 Å². The molecule has 164 valence electrons. The molecule has 0 aliphatic rings. The van der Waals surface area contributed by atoms with E-state index in [1.54, 1.807) is 41.5 Å². The Labute approximate surface area is 167 Å². The van der Waals surface area contributed by atoms with Crippen LogP contribution in [-0.4, -0.2) is 39.1 Å². The van der Waals surface area contributed by atoms with Crippen LogP contribution in [0, 0.1) is 47.3 Å². The lowest BCUT2D eigenvalue weighted by atomic mass is 9.77. The van der Waals surface area contributed by atoms with Gasteiger partial charge < -0.3 is 21.1 Å². The number of aliphatic carboxylic acids is 3. The molecule has 4 atom stereocenters. The number of nitrogens with two attached hydrogens (primary N) is 1. The average Bonchev–Trinajstić information content (AvgIpc) is 2.47. The van der Waals surface area contributed by atoms with Crippen LogP contribution in [0.4, 0.5) is 0 Å². The second kappa shape index (κ2) is 12.4. The summed E-state index contributed by atoms with van der Waals surface area (Å²) < 4.78 is 0. The van der Waals surface area contributed by atoms with Gasteiger partial charge in [-0.15, -0.1) is 0 Å². The quantitative estimate of drug-likeness (QED) is 0.437. The number of carbonyl (C=O) groups excluding carboxylic acids is 1. The van der Waals surface area contributed by atoms with E-state index >= 15 is 0 Å². The molecule has 0 saturated heterocycles. The van der Waals surface area contributed by atoms with Crippen LogP contribution in [0.2, 0.25) is 0 Å². The third-order valence-electron chi connectivity index (χ3n) is 4.83. The van der Waals surface area contributed by atoms with Gasteiger partial charge in [0.05, 0.1) is 23.7 Å². The van der Waals surface area contributed by atoms with Crippen LogP contribution in [0.1, 0.15) is 55.4 Å². The van der Waals surface area contributed by atoms with Gasteiger partial charge in [-0.05, 0) is 23.7 Å². The molecule has 1 amide bonds. The molecule has 0 saturated carbocycles. The van der Waals surface area contributed by atoms with Crippen LogP contribution in [0.3, 0.4) is 0 Å². The van der Waals surface area contributed by atoms with Crippen LogP contribution >= 0.6 is 0 Å². The van der Waals surface area contributed by atoms with Crippen molar-refractivity contribution in [3.63, 3.8) is 0 Å². The molecule has 0 aliphatic heterocycles. The Hall–Kier alpha value is -2.12. The van der Waals surface area contributed by atoms with Crippen LogP contribution in [0.25, 0.3) is 0 Å². The molecule has 8 nitrogen and oxygen atoms in total. The predicted molar refractivity (Wildman–Crippen MR) is 105 cm³/mol. The van der Waals surface area contributed by atoms with Gasteiger partial charge in [0, 0.05) is 0 Å². The standard InChI is InChI=1S/C10H19NO3.C10H18O4/c2*1-5(2)7(9(11)12)8(6(3)4)10(13)14/h5-8H,1-4H3,(H2,11,12)(H,13,14);5-8H,1-4H3,(H,11,12)(H,13,14). The number of hydrogen-bond acceptors (Lipinski definition) is 4. The summed E-state index contributed by atoms with van der Waals surface area (Å²) in [5.74, 6) is -6.91. The molecule has 0 aromatic rings. The summed E-state index contributed by atoms with van der Waals surface area (Å²) in [4.78, 5) is 44.0. The Morgan fingerprint density at radius 1 is 0.500 bits per heavy atom. The molecule has 0 heterocycles. The minimum absolute atomic E-state index is 0.0454. The molecular formula is C20H37NO7. The summed E-state index contributed by atoms with van der Waals surface area (Å²) >= 11 is 0. The van der Waals surface area contributed by atoms with E-state index in [1.807, 2.05) is 13.8 Å². The van der Waals surface area contributed by atoms with E-state index in [-0.39, 0.29) is 23.7 Å². The minimum Gasteiger partial charge on any atom is -0.481 e. The molecule has 0 rings (SSSR count). The molecule has 0 aromatic carbocycles. The van der Waals surface area contributed by atoms with Crippen molar-refractivity contribution in [1.82, 2.24) is 0 Å². The maximum absolute atomic E-state index is 11.2. The fourth-order valence-electron chi connectivity index (χ4n) is 3.48. The van der Waals surface area contributed by atoms with Crippen molar-refractivity contribution < 1.29 is 34.5 Å². The highest BCUT2D eigenvalue weighted by molar-refractivity contribution is 5.84. The molecule has 28 heavy (non-hydrogen) atoms. The van der Waals surface area contributed by atoms with Gasteiger partial charge >= 0.3 is 17.9 Å². The maximum Gasteiger partial charge on any atom is 0.307 e. The topological polar surface area (TPSA) is 155 Å². The fourth-order valence-corrected chi connectivity index (χ4v) is 3.48. The van der Waals surface area contributed by atoms with Gasteiger partial charge in [0.1, 0.15) is 0 Å². The van der Waals surface area contributed by atoms with Crippen LogP contribution in [-0.2, 0) is 19.2 Å². The lowest BCUT2D eigenvalue weighted by Crippen LogP contribution is -2.40. The van der Waals surface area contributed by atoms with Crippen LogP contribution in [0.15, 0.2) is 0 Å². The van der Waals surface area contributed by atoms with Gasteiger partial charge in [0.2, 0.25) is 5.91 Å². The molecule has 0 spiro atoms. The summed E-state index contributed by atoms with van der Waals surface area (Å²) in [5, 5.41) is 26.9.